The van der Waals surface area contributed by atoms with Crippen LogP contribution in [0, 0.1) is 0 Å². The second kappa shape index (κ2) is 5.70. The highest BCUT2D eigenvalue weighted by Crippen LogP contribution is 2.33. The molecule has 0 bridgehead atoms. The predicted molar refractivity (Wildman–Crippen MR) is 89.3 cm³/mol. The molecule has 3 aromatic rings. The van der Waals surface area contributed by atoms with Crippen molar-refractivity contribution in [2.75, 3.05) is 24.3 Å². The third-order valence-electron chi connectivity index (χ3n) is 3.46. The molecule has 0 radical (unpaired) electrons. The Bertz CT molecular complexity index is 764. The SMILES string of the molecule is CN(C)c1c(Cl)cccc1NCc1coc2ccccc12. The van der Waals surface area contributed by atoms with E-state index >= 15 is 0 Å². The quantitative estimate of drug-likeness (QED) is 0.752. The van der Waals surface area contributed by atoms with Gasteiger partial charge in [-0.3, -0.25) is 0 Å². The number of rotatable bonds is 4. The van der Waals surface area contributed by atoms with Crippen LogP contribution >= 0.6 is 11.6 Å². The van der Waals surface area contributed by atoms with E-state index < -0.39 is 0 Å². The predicted octanol–water partition coefficient (Wildman–Crippen LogP) is 4.76. The van der Waals surface area contributed by atoms with Crippen molar-refractivity contribution in [2.24, 2.45) is 0 Å². The second-order valence-electron chi connectivity index (χ2n) is 5.14. The summed E-state index contributed by atoms with van der Waals surface area (Å²) in [4.78, 5) is 2.01. The number of benzene rings is 2. The first kappa shape index (κ1) is 13.8. The van der Waals surface area contributed by atoms with Crippen LogP contribution < -0.4 is 10.2 Å². The lowest BCUT2D eigenvalue weighted by molar-refractivity contribution is 0.611. The van der Waals surface area contributed by atoms with E-state index in [1.165, 1.54) is 0 Å². The summed E-state index contributed by atoms with van der Waals surface area (Å²) in [6.07, 6.45) is 1.80. The minimum absolute atomic E-state index is 0.693. The summed E-state index contributed by atoms with van der Waals surface area (Å²) < 4.78 is 5.56. The summed E-state index contributed by atoms with van der Waals surface area (Å²) in [5.74, 6) is 0. The number of nitrogens with zero attached hydrogens (tertiary/aromatic N) is 1. The molecule has 0 saturated heterocycles. The molecule has 0 amide bonds. The largest absolute Gasteiger partial charge is 0.464 e. The van der Waals surface area contributed by atoms with Gasteiger partial charge in [-0.1, -0.05) is 35.9 Å². The van der Waals surface area contributed by atoms with E-state index in [-0.39, 0.29) is 0 Å². The zero-order valence-electron chi connectivity index (χ0n) is 12.1. The molecule has 0 saturated carbocycles. The molecule has 4 heteroatoms. The van der Waals surface area contributed by atoms with Crippen LogP contribution in [0.1, 0.15) is 5.56 Å². The van der Waals surface area contributed by atoms with Crippen LogP contribution in [0.2, 0.25) is 5.02 Å². The Morgan fingerprint density at radius 3 is 2.71 bits per heavy atom. The number of para-hydroxylation sites is 2. The van der Waals surface area contributed by atoms with Gasteiger partial charge in [-0.25, -0.2) is 0 Å². The maximum Gasteiger partial charge on any atom is 0.134 e. The van der Waals surface area contributed by atoms with Crippen molar-refractivity contribution < 1.29 is 4.42 Å². The van der Waals surface area contributed by atoms with Gasteiger partial charge in [-0.15, -0.1) is 0 Å². The molecule has 0 aliphatic rings. The smallest absolute Gasteiger partial charge is 0.134 e. The average molecular weight is 301 g/mol. The highest BCUT2D eigenvalue weighted by atomic mass is 35.5. The van der Waals surface area contributed by atoms with E-state index in [0.717, 1.165) is 32.9 Å². The molecule has 1 aromatic heterocycles. The van der Waals surface area contributed by atoms with Crippen molar-refractivity contribution in [3.8, 4) is 0 Å². The van der Waals surface area contributed by atoms with Gasteiger partial charge in [0.1, 0.15) is 5.58 Å². The minimum Gasteiger partial charge on any atom is -0.464 e. The lowest BCUT2D eigenvalue weighted by Crippen LogP contribution is -2.12. The van der Waals surface area contributed by atoms with Crippen molar-refractivity contribution in [2.45, 2.75) is 6.54 Å². The van der Waals surface area contributed by atoms with Crippen LogP contribution in [0.5, 0.6) is 0 Å². The molecule has 2 aromatic carbocycles. The van der Waals surface area contributed by atoms with E-state index in [9.17, 15) is 0 Å². The van der Waals surface area contributed by atoms with Crippen molar-refractivity contribution >= 4 is 33.9 Å². The summed E-state index contributed by atoms with van der Waals surface area (Å²) in [5.41, 5.74) is 4.05. The average Bonchev–Trinajstić information content (AvgIpc) is 2.88. The van der Waals surface area contributed by atoms with E-state index in [1.807, 2.05) is 55.4 Å². The third kappa shape index (κ3) is 2.69. The van der Waals surface area contributed by atoms with Gasteiger partial charge in [0, 0.05) is 31.6 Å². The minimum atomic E-state index is 0.693. The van der Waals surface area contributed by atoms with Crippen molar-refractivity contribution in [1.29, 1.82) is 0 Å². The number of anilines is 2. The van der Waals surface area contributed by atoms with Gasteiger partial charge in [0.2, 0.25) is 0 Å². The molecular weight excluding hydrogens is 284 g/mol. The highest BCUT2D eigenvalue weighted by molar-refractivity contribution is 6.34. The molecule has 3 nitrogen and oxygen atoms in total. The maximum absolute atomic E-state index is 6.28. The molecule has 3 rings (SSSR count). The Labute approximate surface area is 129 Å². The molecule has 0 fully saturated rings. The van der Waals surface area contributed by atoms with Gasteiger partial charge < -0.3 is 14.6 Å². The van der Waals surface area contributed by atoms with E-state index in [1.54, 1.807) is 6.26 Å². The molecule has 0 aliphatic carbocycles. The number of furan rings is 1. The van der Waals surface area contributed by atoms with Crippen LogP contribution in [0.3, 0.4) is 0 Å². The molecule has 1 heterocycles. The van der Waals surface area contributed by atoms with Crippen LogP contribution in [0.25, 0.3) is 11.0 Å². The molecule has 0 aliphatic heterocycles. The molecule has 1 N–H and O–H groups in total. The van der Waals surface area contributed by atoms with E-state index in [4.69, 9.17) is 16.0 Å². The van der Waals surface area contributed by atoms with Crippen molar-refractivity contribution in [1.82, 2.24) is 0 Å². The molecule has 0 unspecified atom stereocenters. The van der Waals surface area contributed by atoms with Crippen LogP contribution in [0.4, 0.5) is 11.4 Å². The van der Waals surface area contributed by atoms with Gasteiger partial charge in [0.25, 0.3) is 0 Å². The summed E-state index contributed by atoms with van der Waals surface area (Å²) >= 11 is 6.28. The molecule has 21 heavy (non-hydrogen) atoms. The maximum atomic E-state index is 6.28. The van der Waals surface area contributed by atoms with Crippen LogP contribution in [0.15, 0.2) is 53.1 Å². The number of nitrogens with one attached hydrogen (secondary N) is 1. The number of hydrogen-bond acceptors (Lipinski definition) is 3. The number of hydrogen-bond donors (Lipinski definition) is 1. The monoisotopic (exact) mass is 300 g/mol. The number of fused-ring (bicyclic) bond motifs is 1. The Morgan fingerprint density at radius 1 is 1.10 bits per heavy atom. The highest BCUT2D eigenvalue weighted by Gasteiger charge is 2.10. The molecule has 108 valence electrons. The topological polar surface area (TPSA) is 28.4 Å². The normalized spacial score (nSPS) is 10.8. The molecule has 0 spiro atoms. The second-order valence-corrected chi connectivity index (χ2v) is 5.55. The summed E-state index contributed by atoms with van der Waals surface area (Å²) in [5, 5.41) is 5.32. The Morgan fingerprint density at radius 2 is 1.90 bits per heavy atom. The molecule has 0 atom stereocenters. The first-order valence-corrected chi connectivity index (χ1v) is 7.19. The first-order chi connectivity index (χ1) is 10.2. The fraction of sp³-hybridized carbons (Fsp3) is 0.176. The van der Waals surface area contributed by atoms with Crippen LogP contribution in [-0.2, 0) is 6.54 Å². The lowest BCUT2D eigenvalue weighted by atomic mass is 10.1. The van der Waals surface area contributed by atoms with Crippen molar-refractivity contribution in [3.63, 3.8) is 0 Å². The lowest BCUT2D eigenvalue weighted by Gasteiger charge is -2.19. The first-order valence-electron chi connectivity index (χ1n) is 6.81. The third-order valence-corrected chi connectivity index (χ3v) is 3.77. The Kier molecular flexibility index (Phi) is 3.76. The standard InChI is InChI=1S/C17H17ClN2O/c1-20(2)17-14(18)7-5-8-15(17)19-10-12-11-21-16-9-4-3-6-13(12)16/h3-9,11,19H,10H2,1-2H3. The van der Waals surface area contributed by atoms with Crippen LogP contribution in [-0.4, -0.2) is 14.1 Å². The van der Waals surface area contributed by atoms with E-state index in [0.29, 0.717) is 6.54 Å². The van der Waals surface area contributed by atoms with Gasteiger partial charge >= 0.3 is 0 Å². The zero-order valence-corrected chi connectivity index (χ0v) is 12.8. The summed E-state index contributed by atoms with van der Waals surface area (Å²) in [6.45, 7) is 0.693. The van der Waals surface area contributed by atoms with E-state index in [2.05, 4.69) is 11.4 Å². The Hall–Kier alpha value is -2.13. The van der Waals surface area contributed by atoms with Gasteiger partial charge in [0.15, 0.2) is 0 Å². The fourth-order valence-electron chi connectivity index (χ4n) is 2.47. The summed E-state index contributed by atoms with van der Waals surface area (Å²) in [7, 11) is 3.97. The van der Waals surface area contributed by atoms with Crippen molar-refractivity contribution in [3.05, 3.63) is 59.3 Å². The van der Waals surface area contributed by atoms with Gasteiger partial charge in [-0.05, 0) is 18.2 Å². The fourth-order valence-corrected chi connectivity index (χ4v) is 2.82. The Balaban J connectivity index is 1.87. The van der Waals surface area contributed by atoms with Gasteiger partial charge in [0.05, 0.1) is 22.7 Å². The number of halogens is 1. The molecular formula is C17H17ClN2O. The van der Waals surface area contributed by atoms with Gasteiger partial charge in [-0.2, -0.15) is 0 Å². The zero-order chi connectivity index (χ0) is 14.8. The summed E-state index contributed by atoms with van der Waals surface area (Å²) in [6, 6.07) is 13.9.